The number of amides is 2. The van der Waals surface area contributed by atoms with E-state index < -0.39 is 17.5 Å². The first-order valence-electron chi connectivity index (χ1n) is 9.22. The molecule has 5 nitrogen and oxygen atoms in total. The van der Waals surface area contributed by atoms with E-state index in [9.17, 15) is 22.8 Å². The minimum atomic E-state index is -1.56. The third-order valence-electron chi connectivity index (χ3n) is 5.11. The maximum Gasteiger partial charge on any atom is 0.410 e. The summed E-state index contributed by atoms with van der Waals surface area (Å²) in [5, 5.41) is 0. The van der Waals surface area contributed by atoms with Gasteiger partial charge in [0.15, 0.2) is 17.5 Å². The van der Waals surface area contributed by atoms with Crippen molar-refractivity contribution in [1.29, 1.82) is 0 Å². The lowest BCUT2D eigenvalue weighted by molar-refractivity contribution is -0.127. The number of rotatable bonds is 3. The van der Waals surface area contributed by atoms with Crippen LogP contribution in [0.2, 0.25) is 0 Å². The van der Waals surface area contributed by atoms with Crippen LogP contribution in [0.5, 0.6) is 0 Å². The Balaban J connectivity index is 1.58. The molecule has 0 aromatic heterocycles. The number of carbonyl (C=O) groups is 2. The van der Waals surface area contributed by atoms with Crippen LogP contribution in [0.15, 0.2) is 18.2 Å². The van der Waals surface area contributed by atoms with Gasteiger partial charge in [-0.2, -0.15) is 0 Å². The van der Waals surface area contributed by atoms with E-state index in [1.54, 1.807) is 9.80 Å². The topological polar surface area (TPSA) is 49.9 Å². The van der Waals surface area contributed by atoms with Crippen molar-refractivity contribution < 1.29 is 27.5 Å². The molecule has 0 N–H and O–H groups in total. The first kappa shape index (κ1) is 20.2. The summed E-state index contributed by atoms with van der Waals surface area (Å²) in [5.41, 5.74) is -0.307. The summed E-state index contributed by atoms with van der Waals surface area (Å²) in [5.74, 6) is -4.51. The molecule has 1 aromatic rings. The van der Waals surface area contributed by atoms with Crippen molar-refractivity contribution in [3.8, 4) is 0 Å². The second kappa shape index (κ2) is 7.85. The lowest BCUT2D eigenvalue weighted by atomic mass is 9.91. The van der Waals surface area contributed by atoms with Crippen molar-refractivity contribution in [3.05, 3.63) is 41.2 Å². The van der Waals surface area contributed by atoms with Gasteiger partial charge in [-0.15, -0.1) is 0 Å². The van der Waals surface area contributed by atoms with Crippen molar-refractivity contribution in [3.63, 3.8) is 0 Å². The van der Waals surface area contributed by atoms with E-state index in [1.165, 1.54) is 0 Å². The Bertz CT molecular complexity index is 802. The van der Waals surface area contributed by atoms with E-state index in [1.807, 2.05) is 13.8 Å². The molecule has 0 bridgehead atoms. The number of cyclic esters (lactones) is 1. The Hall–Kier alpha value is -2.51. The Morgan fingerprint density at radius 2 is 1.86 bits per heavy atom. The van der Waals surface area contributed by atoms with Gasteiger partial charge in [-0.3, -0.25) is 4.79 Å². The van der Waals surface area contributed by atoms with Crippen LogP contribution in [0.1, 0.15) is 32.3 Å². The lowest BCUT2D eigenvalue weighted by Gasteiger charge is -2.44. The van der Waals surface area contributed by atoms with Crippen LogP contribution in [0.25, 0.3) is 6.08 Å². The number of piperidine rings is 1. The van der Waals surface area contributed by atoms with Gasteiger partial charge in [0.1, 0.15) is 0 Å². The van der Waals surface area contributed by atoms with Gasteiger partial charge in [0.05, 0.1) is 6.61 Å². The van der Waals surface area contributed by atoms with Crippen LogP contribution >= 0.6 is 0 Å². The first-order valence-corrected chi connectivity index (χ1v) is 9.22. The molecule has 2 fully saturated rings. The molecule has 3 rings (SSSR count). The smallest absolute Gasteiger partial charge is 0.410 e. The Morgan fingerprint density at radius 3 is 2.54 bits per heavy atom. The van der Waals surface area contributed by atoms with Crippen LogP contribution in [0.4, 0.5) is 18.0 Å². The number of ether oxygens (including phenoxy) is 1. The molecule has 8 heteroatoms. The minimum Gasteiger partial charge on any atom is -0.449 e. The van der Waals surface area contributed by atoms with E-state index >= 15 is 0 Å². The monoisotopic (exact) mass is 396 g/mol. The fourth-order valence-corrected chi connectivity index (χ4v) is 3.52. The zero-order valence-corrected chi connectivity index (χ0v) is 15.9. The summed E-state index contributed by atoms with van der Waals surface area (Å²) >= 11 is 0. The highest BCUT2D eigenvalue weighted by molar-refractivity contribution is 5.91. The van der Waals surface area contributed by atoms with Gasteiger partial charge < -0.3 is 14.5 Å². The van der Waals surface area contributed by atoms with Crippen molar-refractivity contribution >= 4 is 18.1 Å². The zero-order valence-electron chi connectivity index (χ0n) is 15.9. The molecule has 2 heterocycles. The molecule has 28 heavy (non-hydrogen) atoms. The van der Waals surface area contributed by atoms with Crippen LogP contribution in [0.3, 0.4) is 0 Å². The summed E-state index contributed by atoms with van der Waals surface area (Å²) in [4.78, 5) is 27.7. The quantitative estimate of drug-likeness (QED) is 0.580. The molecular weight excluding hydrogens is 373 g/mol. The average Bonchev–Trinajstić information content (AvgIpc) is 2.67. The molecule has 0 unspecified atom stereocenters. The summed E-state index contributed by atoms with van der Waals surface area (Å²) in [6, 6.07) is 1.89. The molecular formula is C20H23F3N2O3. The highest BCUT2D eigenvalue weighted by Crippen LogP contribution is 2.28. The van der Waals surface area contributed by atoms with Crippen molar-refractivity contribution in [2.75, 3.05) is 26.2 Å². The van der Waals surface area contributed by atoms with Crippen molar-refractivity contribution in [2.24, 2.45) is 5.41 Å². The van der Waals surface area contributed by atoms with Crippen molar-refractivity contribution in [1.82, 2.24) is 9.80 Å². The van der Waals surface area contributed by atoms with Gasteiger partial charge >= 0.3 is 6.09 Å². The summed E-state index contributed by atoms with van der Waals surface area (Å²) < 4.78 is 45.1. The largest absolute Gasteiger partial charge is 0.449 e. The van der Waals surface area contributed by atoms with Gasteiger partial charge in [-0.05, 0) is 31.1 Å². The number of halogens is 3. The maximum absolute atomic E-state index is 13.7. The number of benzene rings is 1. The molecule has 1 aromatic carbocycles. The van der Waals surface area contributed by atoms with E-state index in [0.717, 1.165) is 24.3 Å². The number of likely N-dealkylation sites (tertiary alicyclic amines) is 1. The van der Waals surface area contributed by atoms with Crippen LogP contribution < -0.4 is 0 Å². The van der Waals surface area contributed by atoms with Crippen LogP contribution in [-0.4, -0.2) is 54.1 Å². The third-order valence-corrected chi connectivity index (χ3v) is 5.11. The van der Waals surface area contributed by atoms with Gasteiger partial charge in [0.25, 0.3) is 0 Å². The van der Waals surface area contributed by atoms with Gasteiger partial charge in [0, 0.05) is 42.7 Å². The fourth-order valence-electron chi connectivity index (χ4n) is 3.52. The number of carbonyl (C=O) groups excluding carboxylic acids is 2. The molecule has 0 atom stereocenters. The molecule has 0 radical (unpaired) electrons. The lowest BCUT2D eigenvalue weighted by Crippen LogP contribution is -2.55. The number of nitrogens with zero attached hydrogens (tertiary/aromatic N) is 2. The second-order valence-corrected chi connectivity index (χ2v) is 8.00. The zero-order chi connectivity index (χ0) is 20.5. The summed E-state index contributed by atoms with van der Waals surface area (Å²) in [7, 11) is 0. The highest BCUT2D eigenvalue weighted by Gasteiger charge is 2.38. The molecule has 2 saturated heterocycles. The summed E-state index contributed by atoms with van der Waals surface area (Å²) in [6.07, 6.45) is 3.19. The van der Waals surface area contributed by atoms with Gasteiger partial charge in [-0.1, -0.05) is 13.8 Å². The van der Waals surface area contributed by atoms with E-state index in [0.29, 0.717) is 39.1 Å². The average molecular weight is 396 g/mol. The second-order valence-electron chi connectivity index (χ2n) is 8.00. The SMILES string of the molecule is CC1(C)COC(=O)N(C2CCN(C(=O)C=Cc3ccc(F)c(F)c3F)CC2)C1. The number of hydrogen-bond acceptors (Lipinski definition) is 3. The predicted octanol–water partition coefficient (Wildman–Crippen LogP) is 3.59. The van der Waals surface area contributed by atoms with Crippen LogP contribution in [0, 0.1) is 22.9 Å². The van der Waals surface area contributed by atoms with E-state index in [-0.39, 0.29) is 29.0 Å². The normalized spacial score (nSPS) is 20.5. The Labute approximate surface area is 161 Å². The van der Waals surface area contributed by atoms with Gasteiger partial charge in [-0.25, -0.2) is 18.0 Å². The highest BCUT2D eigenvalue weighted by atomic mass is 19.2. The Morgan fingerprint density at radius 1 is 1.18 bits per heavy atom. The predicted molar refractivity (Wildman–Crippen MR) is 96.8 cm³/mol. The Kier molecular flexibility index (Phi) is 5.67. The molecule has 0 spiro atoms. The molecule has 2 aliphatic heterocycles. The van der Waals surface area contributed by atoms with Gasteiger partial charge in [0.2, 0.25) is 5.91 Å². The molecule has 152 valence electrons. The number of hydrogen-bond donors (Lipinski definition) is 0. The molecule has 2 aliphatic rings. The molecule has 0 aliphatic carbocycles. The summed E-state index contributed by atoms with van der Waals surface area (Å²) in [6.45, 7) is 5.96. The third kappa shape index (κ3) is 4.31. The van der Waals surface area contributed by atoms with E-state index in [2.05, 4.69) is 0 Å². The fraction of sp³-hybridized carbons (Fsp3) is 0.500. The standard InChI is InChI=1S/C20H23F3N2O3/c1-20(2)11-25(19(27)28-12-20)14-7-9-24(10-8-14)16(26)6-4-13-3-5-15(21)18(23)17(13)22/h3-6,14H,7-12H2,1-2H3. The molecule has 2 amide bonds. The first-order chi connectivity index (χ1) is 13.2. The molecule has 0 saturated carbocycles. The maximum atomic E-state index is 13.7. The minimum absolute atomic E-state index is 0.00347. The van der Waals surface area contributed by atoms with Crippen molar-refractivity contribution in [2.45, 2.75) is 32.7 Å². The van der Waals surface area contributed by atoms with E-state index in [4.69, 9.17) is 4.74 Å². The van der Waals surface area contributed by atoms with Crippen LogP contribution in [-0.2, 0) is 9.53 Å².